The molecule has 0 spiro atoms. The molecule has 11 nitrogen and oxygen atoms in total. The monoisotopic (exact) mass is 602 g/mol. The number of amides is 2. The third-order valence-corrected chi connectivity index (χ3v) is 8.41. The van der Waals surface area contributed by atoms with E-state index in [9.17, 15) is 28.1 Å². The molecule has 0 fully saturated rings. The lowest BCUT2D eigenvalue weighted by Gasteiger charge is -2.32. The van der Waals surface area contributed by atoms with Crippen molar-refractivity contribution in [1.29, 1.82) is 0 Å². The molecule has 218 valence electrons. The van der Waals surface area contributed by atoms with Gasteiger partial charge in [0.1, 0.15) is 18.3 Å². The molecule has 0 aliphatic carbocycles. The predicted molar refractivity (Wildman–Crippen MR) is 156 cm³/mol. The number of rotatable bonds is 12. The molecule has 0 heterocycles. The zero-order valence-electron chi connectivity index (χ0n) is 23.0. The Balaban J connectivity index is 2.08. The molecule has 0 aliphatic rings. The molecule has 0 saturated heterocycles. The minimum absolute atomic E-state index is 0.000800. The van der Waals surface area contributed by atoms with E-state index in [-0.39, 0.29) is 28.4 Å². The molecule has 13 heteroatoms. The second-order valence-electron chi connectivity index (χ2n) is 9.13. The van der Waals surface area contributed by atoms with Crippen molar-refractivity contribution in [1.82, 2.24) is 10.2 Å². The second kappa shape index (κ2) is 13.5. The molecule has 0 unspecified atom stereocenters. The topological polar surface area (TPSA) is 139 Å². The van der Waals surface area contributed by atoms with Gasteiger partial charge in [0.05, 0.1) is 22.6 Å². The SMILES string of the molecule is CCNC(=O)[C@H](C)N(Cc1ccc(Cl)cc1)C(=O)CN(c1ccc(OC)cc1)S(=O)(=O)c1ccc(C)c([N+](=O)[O-])c1. The molecule has 1 N–H and O–H groups in total. The minimum atomic E-state index is -4.49. The Kier molecular flexibility index (Phi) is 10.3. The number of nitrogens with one attached hydrogen (secondary N) is 1. The molecule has 1 atom stereocenters. The highest BCUT2D eigenvalue weighted by Crippen LogP contribution is 2.29. The van der Waals surface area contributed by atoms with Crippen LogP contribution in [0.15, 0.2) is 71.6 Å². The van der Waals surface area contributed by atoms with Crippen LogP contribution in [0.4, 0.5) is 11.4 Å². The van der Waals surface area contributed by atoms with E-state index in [2.05, 4.69) is 5.32 Å². The van der Waals surface area contributed by atoms with Gasteiger partial charge in [0.15, 0.2) is 0 Å². The van der Waals surface area contributed by atoms with Crippen molar-refractivity contribution in [3.63, 3.8) is 0 Å². The summed E-state index contributed by atoms with van der Waals surface area (Å²) in [6, 6.07) is 15.3. The van der Waals surface area contributed by atoms with E-state index in [0.29, 0.717) is 22.9 Å². The van der Waals surface area contributed by atoms with Crippen LogP contribution in [-0.4, -0.2) is 56.3 Å². The number of ether oxygens (including phenoxy) is 1. The number of methoxy groups -OCH3 is 1. The number of nitro groups is 1. The average Bonchev–Trinajstić information content (AvgIpc) is 2.95. The van der Waals surface area contributed by atoms with Crippen molar-refractivity contribution >= 4 is 44.8 Å². The lowest BCUT2D eigenvalue weighted by Crippen LogP contribution is -2.51. The van der Waals surface area contributed by atoms with Gasteiger partial charge in [-0.05, 0) is 68.8 Å². The van der Waals surface area contributed by atoms with Crippen molar-refractivity contribution in [3.05, 3.63) is 93.0 Å². The summed E-state index contributed by atoms with van der Waals surface area (Å²) in [5.41, 5.74) is 0.707. The van der Waals surface area contributed by atoms with Gasteiger partial charge < -0.3 is 15.0 Å². The summed E-state index contributed by atoms with van der Waals surface area (Å²) >= 11 is 6.00. The Morgan fingerprint density at radius 2 is 1.71 bits per heavy atom. The van der Waals surface area contributed by atoms with E-state index in [4.69, 9.17) is 16.3 Å². The van der Waals surface area contributed by atoms with Crippen LogP contribution in [0, 0.1) is 17.0 Å². The van der Waals surface area contributed by atoms with Crippen LogP contribution in [0.1, 0.15) is 25.0 Å². The maximum atomic E-state index is 13.9. The number of anilines is 1. The number of likely N-dealkylation sites (N-methyl/N-ethyl adjacent to an activating group) is 1. The van der Waals surface area contributed by atoms with Crippen LogP contribution in [0.3, 0.4) is 0 Å². The number of nitro benzene ring substituents is 1. The molecule has 3 aromatic rings. The summed E-state index contributed by atoms with van der Waals surface area (Å²) < 4.78 is 33.9. The Morgan fingerprint density at radius 3 is 2.27 bits per heavy atom. The first-order valence-electron chi connectivity index (χ1n) is 12.6. The summed E-state index contributed by atoms with van der Waals surface area (Å²) in [5.74, 6) is -0.625. The Bertz CT molecular complexity index is 1510. The zero-order valence-corrected chi connectivity index (χ0v) is 24.6. The maximum Gasteiger partial charge on any atom is 0.273 e. The molecule has 2 amide bonds. The van der Waals surface area contributed by atoms with E-state index in [0.717, 1.165) is 10.4 Å². The molecule has 3 aromatic carbocycles. The van der Waals surface area contributed by atoms with Crippen LogP contribution >= 0.6 is 11.6 Å². The molecule has 0 aromatic heterocycles. The summed E-state index contributed by atoms with van der Waals surface area (Å²) in [7, 11) is -3.03. The van der Waals surface area contributed by atoms with Crippen LogP contribution in [0.2, 0.25) is 5.02 Å². The smallest absolute Gasteiger partial charge is 0.273 e. The number of carbonyl (C=O) groups excluding carboxylic acids is 2. The van der Waals surface area contributed by atoms with Crippen molar-refractivity contribution in [2.45, 2.75) is 38.3 Å². The third kappa shape index (κ3) is 7.53. The summed E-state index contributed by atoms with van der Waals surface area (Å²) in [6.07, 6.45) is 0. The van der Waals surface area contributed by atoms with Gasteiger partial charge in [-0.2, -0.15) is 0 Å². The van der Waals surface area contributed by atoms with Gasteiger partial charge in [-0.25, -0.2) is 8.42 Å². The number of nitrogens with zero attached hydrogens (tertiary/aromatic N) is 3. The van der Waals surface area contributed by atoms with Gasteiger partial charge >= 0.3 is 0 Å². The lowest BCUT2D eigenvalue weighted by molar-refractivity contribution is -0.385. The van der Waals surface area contributed by atoms with Crippen molar-refractivity contribution in [3.8, 4) is 5.75 Å². The highest BCUT2D eigenvalue weighted by molar-refractivity contribution is 7.92. The van der Waals surface area contributed by atoms with Crippen molar-refractivity contribution in [2.75, 3.05) is 24.5 Å². The van der Waals surface area contributed by atoms with Gasteiger partial charge in [0.2, 0.25) is 11.8 Å². The van der Waals surface area contributed by atoms with Gasteiger partial charge in [0.25, 0.3) is 15.7 Å². The third-order valence-electron chi connectivity index (χ3n) is 6.39. The first kappa shape index (κ1) is 31.4. The second-order valence-corrected chi connectivity index (χ2v) is 11.4. The summed E-state index contributed by atoms with van der Waals surface area (Å²) in [5, 5.41) is 14.7. The number of carbonyl (C=O) groups is 2. The van der Waals surface area contributed by atoms with Gasteiger partial charge in [-0.3, -0.25) is 24.0 Å². The molecule has 3 rings (SSSR count). The summed E-state index contributed by atoms with van der Waals surface area (Å²) in [4.78, 5) is 38.4. The largest absolute Gasteiger partial charge is 0.497 e. The average molecular weight is 603 g/mol. The summed E-state index contributed by atoms with van der Waals surface area (Å²) in [6.45, 7) is 4.44. The van der Waals surface area contributed by atoms with Crippen LogP contribution < -0.4 is 14.4 Å². The number of hydrogen-bond donors (Lipinski definition) is 1. The van der Waals surface area contributed by atoms with E-state index >= 15 is 0 Å². The fourth-order valence-corrected chi connectivity index (χ4v) is 5.60. The lowest BCUT2D eigenvalue weighted by atomic mass is 10.1. The normalized spacial score (nSPS) is 11.8. The minimum Gasteiger partial charge on any atom is -0.497 e. The first-order valence-corrected chi connectivity index (χ1v) is 14.4. The standard InChI is InChI=1S/C28H31ClN4O7S/c1-5-30-28(35)20(3)31(17-21-7-9-22(29)10-8-21)27(34)18-32(23-11-13-24(40-4)14-12-23)41(38,39)25-15-6-19(2)26(16-25)33(36)37/h6-16,20H,5,17-18H2,1-4H3,(H,30,35)/t20-/m0/s1. The van der Waals surface area contributed by atoms with Gasteiger partial charge in [-0.1, -0.05) is 29.8 Å². The van der Waals surface area contributed by atoms with Crippen LogP contribution in [0.5, 0.6) is 5.75 Å². The van der Waals surface area contributed by atoms with Gasteiger partial charge in [0, 0.05) is 29.7 Å². The number of halogens is 1. The molecular formula is C28H31ClN4O7S. The van der Waals surface area contributed by atoms with E-state index in [1.807, 2.05) is 0 Å². The predicted octanol–water partition coefficient (Wildman–Crippen LogP) is 4.31. The molecule has 41 heavy (non-hydrogen) atoms. The fraction of sp³-hybridized carbons (Fsp3) is 0.286. The van der Waals surface area contributed by atoms with E-state index in [1.54, 1.807) is 38.1 Å². The maximum absolute atomic E-state index is 13.9. The highest BCUT2D eigenvalue weighted by Gasteiger charge is 2.33. The Labute approximate surface area is 243 Å². The molecule has 0 saturated carbocycles. The van der Waals surface area contributed by atoms with Crippen molar-refractivity contribution in [2.24, 2.45) is 0 Å². The van der Waals surface area contributed by atoms with E-state index in [1.165, 1.54) is 55.3 Å². The zero-order chi connectivity index (χ0) is 30.3. The van der Waals surface area contributed by atoms with Gasteiger partial charge in [-0.15, -0.1) is 0 Å². The quantitative estimate of drug-likeness (QED) is 0.241. The number of sulfonamides is 1. The molecular weight excluding hydrogens is 572 g/mol. The number of benzene rings is 3. The molecule has 0 bridgehead atoms. The Morgan fingerprint density at radius 1 is 1.07 bits per heavy atom. The number of hydrogen-bond acceptors (Lipinski definition) is 7. The van der Waals surface area contributed by atoms with Crippen molar-refractivity contribution < 1.29 is 27.7 Å². The fourth-order valence-electron chi connectivity index (χ4n) is 4.04. The van der Waals surface area contributed by atoms with Crippen LogP contribution in [-0.2, 0) is 26.2 Å². The van der Waals surface area contributed by atoms with E-state index < -0.39 is 39.3 Å². The highest BCUT2D eigenvalue weighted by atomic mass is 35.5. The number of aryl methyl sites for hydroxylation is 1. The van der Waals surface area contributed by atoms with Crippen LogP contribution in [0.25, 0.3) is 0 Å². The first-order chi connectivity index (χ1) is 19.4. The Hall–Kier alpha value is -4.16. The molecule has 0 aliphatic heterocycles. The molecule has 0 radical (unpaired) electrons.